The predicted molar refractivity (Wildman–Crippen MR) is 96.4 cm³/mol. The number of aryl methyl sites for hydroxylation is 1. The number of benzene rings is 1. The fourth-order valence-electron chi connectivity index (χ4n) is 2.14. The monoisotopic (exact) mass is 387 g/mol. The van der Waals surface area contributed by atoms with Crippen molar-refractivity contribution in [2.75, 3.05) is 18.4 Å². The van der Waals surface area contributed by atoms with Gasteiger partial charge in [-0.15, -0.1) is 11.3 Å². The number of hydrogen-bond acceptors (Lipinski definition) is 5. The number of sulfonamides is 1. The van der Waals surface area contributed by atoms with Crippen molar-refractivity contribution in [3.63, 3.8) is 0 Å². The minimum absolute atomic E-state index is 0.0277. The van der Waals surface area contributed by atoms with E-state index < -0.39 is 15.9 Å². The van der Waals surface area contributed by atoms with Crippen LogP contribution >= 0.6 is 22.9 Å². The van der Waals surface area contributed by atoms with Gasteiger partial charge in [0.15, 0.2) is 0 Å². The molecule has 2 aromatic rings. The van der Waals surface area contributed by atoms with Crippen molar-refractivity contribution in [2.45, 2.75) is 25.7 Å². The quantitative estimate of drug-likeness (QED) is 0.823. The number of anilines is 1. The number of thiazole rings is 1. The Balaban J connectivity index is 2.33. The number of aromatic nitrogens is 1. The van der Waals surface area contributed by atoms with Gasteiger partial charge in [0.25, 0.3) is 5.91 Å². The molecule has 0 atom stereocenters. The van der Waals surface area contributed by atoms with Crippen LogP contribution in [0.25, 0.3) is 0 Å². The van der Waals surface area contributed by atoms with E-state index in [0.29, 0.717) is 24.5 Å². The van der Waals surface area contributed by atoms with E-state index in [0.717, 1.165) is 5.01 Å². The normalized spacial score (nSPS) is 11.7. The van der Waals surface area contributed by atoms with Gasteiger partial charge in [-0.2, -0.15) is 4.31 Å². The molecule has 0 fully saturated rings. The smallest absolute Gasteiger partial charge is 0.275 e. The largest absolute Gasteiger partial charge is 0.321 e. The predicted octanol–water partition coefficient (Wildman–Crippen LogP) is 3.39. The van der Waals surface area contributed by atoms with Crippen LogP contribution in [0.15, 0.2) is 28.5 Å². The summed E-state index contributed by atoms with van der Waals surface area (Å²) >= 11 is 7.43. The first-order valence-electron chi connectivity index (χ1n) is 7.32. The first-order valence-corrected chi connectivity index (χ1v) is 10.0. The molecule has 0 bridgehead atoms. The first-order chi connectivity index (χ1) is 11.3. The van der Waals surface area contributed by atoms with Crippen molar-refractivity contribution in [1.82, 2.24) is 9.29 Å². The molecule has 0 saturated carbocycles. The zero-order chi connectivity index (χ0) is 17.9. The molecule has 0 spiro atoms. The van der Waals surface area contributed by atoms with E-state index in [1.54, 1.807) is 32.2 Å². The Morgan fingerprint density at radius 1 is 1.33 bits per heavy atom. The van der Waals surface area contributed by atoms with E-state index in [4.69, 9.17) is 11.6 Å². The topological polar surface area (TPSA) is 79.4 Å². The summed E-state index contributed by atoms with van der Waals surface area (Å²) in [5.74, 6) is -0.396. The average Bonchev–Trinajstić information content (AvgIpc) is 2.96. The number of hydrogen-bond donors (Lipinski definition) is 1. The third-order valence-corrected chi connectivity index (χ3v) is 6.67. The third-order valence-electron chi connectivity index (χ3n) is 3.36. The van der Waals surface area contributed by atoms with Crippen LogP contribution in [0.5, 0.6) is 0 Å². The summed E-state index contributed by atoms with van der Waals surface area (Å²) in [4.78, 5) is 16.2. The van der Waals surface area contributed by atoms with Gasteiger partial charge in [-0.3, -0.25) is 4.79 Å². The second-order valence-electron chi connectivity index (χ2n) is 4.94. The number of carbonyl (C=O) groups excluding carboxylic acids is 1. The minimum Gasteiger partial charge on any atom is -0.321 e. The lowest BCUT2D eigenvalue weighted by molar-refractivity contribution is 0.102. The summed E-state index contributed by atoms with van der Waals surface area (Å²) in [6.07, 6.45) is 0. The number of carbonyl (C=O) groups is 1. The molecular formula is C15H18ClN3O3S2. The van der Waals surface area contributed by atoms with Gasteiger partial charge in [0.05, 0.1) is 10.0 Å². The summed E-state index contributed by atoms with van der Waals surface area (Å²) in [5.41, 5.74) is 0.640. The summed E-state index contributed by atoms with van der Waals surface area (Å²) < 4.78 is 26.6. The van der Waals surface area contributed by atoms with Crippen molar-refractivity contribution < 1.29 is 13.2 Å². The van der Waals surface area contributed by atoms with Crippen LogP contribution in [0.3, 0.4) is 0 Å². The zero-order valence-corrected chi connectivity index (χ0v) is 15.9. The molecule has 1 aromatic heterocycles. The molecule has 1 heterocycles. The van der Waals surface area contributed by atoms with E-state index in [1.165, 1.54) is 27.8 Å². The van der Waals surface area contributed by atoms with Crippen LogP contribution < -0.4 is 5.32 Å². The zero-order valence-electron chi connectivity index (χ0n) is 13.5. The van der Waals surface area contributed by atoms with E-state index in [-0.39, 0.29) is 9.92 Å². The van der Waals surface area contributed by atoms with Gasteiger partial charge in [-0.1, -0.05) is 25.4 Å². The van der Waals surface area contributed by atoms with Gasteiger partial charge in [-0.25, -0.2) is 13.4 Å². The average molecular weight is 388 g/mol. The number of rotatable bonds is 6. The van der Waals surface area contributed by atoms with Gasteiger partial charge in [0.1, 0.15) is 10.6 Å². The standard InChI is InChI=1S/C15H18ClN3O3S2/c1-4-19(5-2)24(21,22)14-8-11(6-7-12(14)16)18-15(20)13-9-23-10(3)17-13/h6-9H,4-5H2,1-3H3,(H,18,20). The minimum atomic E-state index is -3.71. The molecule has 24 heavy (non-hydrogen) atoms. The molecule has 1 amide bonds. The SMILES string of the molecule is CCN(CC)S(=O)(=O)c1cc(NC(=O)c2csc(C)n2)ccc1Cl. The van der Waals surface area contributed by atoms with Crippen molar-refractivity contribution in [1.29, 1.82) is 0 Å². The van der Waals surface area contributed by atoms with Crippen LogP contribution in [0.4, 0.5) is 5.69 Å². The van der Waals surface area contributed by atoms with Crippen molar-refractivity contribution in [3.05, 3.63) is 39.3 Å². The number of nitrogens with one attached hydrogen (secondary N) is 1. The van der Waals surface area contributed by atoms with E-state index in [9.17, 15) is 13.2 Å². The Morgan fingerprint density at radius 3 is 2.54 bits per heavy atom. The summed E-state index contributed by atoms with van der Waals surface area (Å²) in [6, 6.07) is 4.38. The molecule has 6 nitrogen and oxygen atoms in total. The van der Waals surface area contributed by atoms with Crippen LogP contribution in [-0.2, 0) is 10.0 Å². The number of amides is 1. The highest BCUT2D eigenvalue weighted by Gasteiger charge is 2.25. The maximum atomic E-state index is 12.6. The molecule has 0 aliphatic rings. The van der Waals surface area contributed by atoms with Crippen LogP contribution in [0.1, 0.15) is 29.3 Å². The highest BCUT2D eigenvalue weighted by molar-refractivity contribution is 7.89. The fourth-order valence-corrected chi connectivity index (χ4v) is 4.70. The molecule has 9 heteroatoms. The molecule has 1 N–H and O–H groups in total. The van der Waals surface area contributed by atoms with E-state index >= 15 is 0 Å². The molecule has 0 unspecified atom stereocenters. The molecular weight excluding hydrogens is 370 g/mol. The Labute approximate surface area is 150 Å². The third kappa shape index (κ3) is 3.94. The summed E-state index contributed by atoms with van der Waals surface area (Å²) in [6.45, 7) is 5.99. The van der Waals surface area contributed by atoms with E-state index in [1.807, 2.05) is 0 Å². The molecule has 2 rings (SSSR count). The molecule has 0 aliphatic heterocycles. The highest BCUT2D eigenvalue weighted by Crippen LogP contribution is 2.28. The summed E-state index contributed by atoms with van der Waals surface area (Å²) in [5, 5.41) is 5.19. The lowest BCUT2D eigenvalue weighted by Crippen LogP contribution is -2.30. The Morgan fingerprint density at radius 2 is 2.00 bits per heavy atom. The Hall–Kier alpha value is -1.48. The van der Waals surface area contributed by atoms with Gasteiger partial charge >= 0.3 is 0 Å². The van der Waals surface area contributed by atoms with Gasteiger partial charge < -0.3 is 5.32 Å². The fraction of sp³-hybridized carbons (Fsp3) is 0.333. The lowest BCUT2D eigenvalue weighted by atomic mass is 10.3. The second kappa shape index (κ2) is 7.60. The first kappa shape index (κ1) is 18.9. The van der Waals surface area contributed by atoms with Crippen LogP contribution in [-0.4, -0.2) is 36.7 Å². The van der Waals surface area contributed by atoms with E-state index in [2.05, 4.69) is 10.3 Å². The Bertz CT molecular complexity index is 845. The molecule has 0 radical (unpaired) electrons. The van der Waals surface area contributed by atoms with Crippen LogP contribution in [0.2, 0.25) is 5.02 Å². The molecule has 0 aliphatic carbocycles. The molecule has 1 aromatic carbocycles. The lowest BCUT2D eigenvalue weighted by Gasteiger charge is -2.19. The van der Waals surface area contributed by atoms with Gasteiger partial charge in [0.2, 0.25) is 10.0 Å². The second-order valence-corrected chi connectivity index (χ2v) is 8.32. The maximum Gasteiger partial charge on any atom is 0.275 e. The van der Waals surface area contributed by atoms with Gasteiger partial charge in [-0.05, 0) is 25.1 Å². The number of nitrogens with zero attached hydrogens (tertiary/aromatic N) is 2. The van der Waals surface area contributed by atoms with Crippen molar-refractivity contribution in [3.8, 4) is 0 Å². The summed E-state index contributed by atoms with van der Waals surface area (Å²) in [7, 11) is -3.71. The maximum absolute atomic E-state index is 12.6. The molecule has 130 valence electrons. The molecule has 0 saturated heterocycles. The Kier molecular flexibility index (Phi) is 5.97. The van der Waals surface area contributed by atoms with Crippen LogP contribution in [0, 0.1) is 6.92 Å². The van der Waals surface area contributed by atoms with Crippen molar-refractivity contribution in [2.24, 2.45) is 0 Å². The van der Waals surface area contributed by atoms with Crippen molar-refractivity contribution >= 4 is 44.6 Å². The number of halogens is 1. The van der Waals surface area contributed by atoms with Gasteiger partial charge in [0, 0.05) is 24.2 Å². The highest BCUT2D eigenvalue weighted by atomic mass is 35.5.